The quantitative estimate of drug-likeness (QED) is 0.585. The Morgan fingerprint density at radius 2 is 1.10 bits per heavy atom. The van der Waals surface area contributed by atoms with Crippen molar-refractivity contribution in [3.63, 3.8) is 0 Å². The summed E-state index contributed by atoms with van der Waals surface area (Å²) in [5.41, 5.74) is 2.44. The van der Waals surface area contributed by atoms with Gasteiger partial charge in [0.15, 0.2) is 0 Å². The first-order valence-electron chi connectivity index (χ1n) is 7.05. The summed E-state index contributed by atoms with van der Waals surface area (Å²) in [6.45, 7) is 5.42. The Hall–Kier alpha value is -2.60. The monoisotopic (exact) mass is 274 g/mol. The molecule has 0 aliphatic heterocycles. The molecule has 0 atom stereocenters. The molecule has 21 heavy (non-hydrogen) atoms. The van der Waals surface area contributed by atoms with Crippen molar-refractivity contribution in [1.29, 1.82) is 0 Å². The summed E-state index contributed by atoms with van der Waals surface area (Å²) in [6, 6.07) is 20.6. The number of hydrogen-bond donors (Lipinski definition) is 0. The first kappa shape index (κ1) is 16.5. The highest BCUT2D eigenvalue weighted by Gasteiger charge is 1.81. The smallest absolute Gasteiger partial charge is 0.0257 e. The molecule has 2 rings (SSSR count). The summed E-state index contributed by atoms with van der Waals surface area (Å²) in [6.07, 6.45) is 13.9. The highest BCUT2D eigenvalue weighted by Crippen LogP contribution is 2.03. The topological polar surface area (TPSA) is 0 Å². The second-order valence-corrected chi connectivity index (χ2v) is 4.30. The maximum absolute atomic E-state index is 3.46. The van der Waals surface area contributed by atoms with Crippen molar-refractivity contribution in [1.82, 2.24) is 0 Å². The third kappa shape index (κ3) is 8.22. The second-order valence-electron chi connectivity index (χ2n) is 4.30. The van der Waals surface area contributed by atoms with Gasteiger partial charge in [-0.05, 0) is 18.1 Å². The number of hydrogen-bond acceptors (Lipinski definition) is 0. The van der Waals surface area contributed by atoms with Crippen molar-refractivity contribution < 1.29 is 0 Å². The fourth-order valence-electron chi connectivity index (χ4n) is 1.60. The first-order chi connectivity index (χ1) is 10.4. The zero-order chi connectivity index (χ0) is 15.2. The van der Waals surface area contributed by atoms with Crippen LogP contribution >= 0.6 is 0 Å². The molecule has 0 heteroatoms. The van der Waals surface area contributed by atoms with E-state index in [4.69, 9.17) is 0 Å². The average Bonchev–Trinajstić information content (AvgIpc) is 2.55. The van der Waals surface area contributed by atoms with E-state index in [1.54, 1.807) is 6.08 Å². The largest absolute Gasteiger partial charge is 0.0991 e. The maximum atomic E-state index is 3.46. The van der Waals surface area contributed by atoms with Gasteiger partial charge in [-0.1, -0.05) is 110 Å². The lowest BCUT2D eigenvalue weighted by molar-refractivity contribution is 1.65. The van der Waals surface area contributed by atoms with Crippen LogP contribution in [0.1, 0.15) is 18.1 Å². The zero-order valence-electron chi connectivity index (χ0n) is 12.5. The molecule has 0 spiro atoms. The molecule has 106 valence electrons. The lowest BCUT2D eigenvalue weighted by atomic mass is 10.2. The molecule has 0 fully saturated rings. The molecule has 0 nitrogen and oxygen atoms in total. The van der Waals surface area contributed by atoms with Gasteiger partial charge < -0.3 is 0 Å². The van der Waals surface area contributed by atoms with E-state index < -0.39 is 0 Å². The highest BCUT2D eigenvalue weighted by molar-refractivity contribution is 5.56. The molecule has 0 aromatic heterocycles. The Morgan fingerprint density at radius 1 is 0.667 bits per heavy atom. The standard InChI is InChI=1S/C16H14.C5H8/c1-3-9-15(10-4-1)13-7-8-14-16-11-5-2-6-12-16;1-3-5-4-2/h1-14H;3-5H,1H2,2H3. The van der Waals surface area contributed by atoms with Gasteiger partial charge in [0.05, 0.1) is 0 Å². The van der Waals surface area contributed by atoms with Crippen LogP contribution in [0, 0.1) is 0 Å². The van der Waals surface area contributed by atoms with E-state index in [0.717, 1.165) is 0 Å². The number of rotatable bonds is 4. The van der Waals surface area contributed by atoms with Gasteiger partial charge >= 0.3 is 0 Å². The average molecular weight is 274 g/mol. The predicted molar refractivity (Wildman–Crippen MR) is 96.0 cm³/mol. The third-order valence-corrected chi connectivity index (χ3v) is 2.62. The molecule has 0 aliphatic carbocycles. The van der Waals surface area contributed by atoms with E-state index in [1.165, 1.54) is 11.1 Å². The SMILES string of the molecule is C(C=Cc1ccccc1)=Cc1ccccc1.C=CC=CC. The minimum Gasteiger partial charge on any atom is -0.0991 e. The molecule has 0 radical (unpaired) electrons. The third-order valence-electron chi connectivity index (χ3n) is 2.62. The van der Waals surface area contributed by atoms with Gasteiger partial charge in [-0.2, -0.15) is 0 Å². The lowest BCUT2D eigenvalue weighted by Gasteiger charge is -1.90. The van der Waals surface area contributed by atoms with E-state index in [-0.39, 0.29) is 0 Å². The van der Waals surface area contributed by atoms with Gasteiger partial charge in [-0.15, -0.1) is 0 Å². The lowest BCUT2D eigenvalue weighted by Crippen LogP contribution is -1.68. The fraction of sp³-hybridized carbons (Fsp3) is 0.0476. The van der Waals surface area contributed by atoms with E-state index in [1.807, 2.05) is 55.5 Å². The second kappa shape index (κ2) is 11.2. The summed E-state index contributed by atoms with van der Waals surface area (Å²) >= 11 is 0. The number of benzene rings is 2. The molecule has 0 bridgehead atoms. The van der Waals surface area contributed by atoms with Crippen LogP contribution in [0.25, 0.3) is 12.2 Å². The van der Waals surface area contributed by atoms with Gasteiger partial charge in [-0.25, -0.2) is 0 Å². The Labute approximate surface area is 128 Å². The van der Waals surface area contributed by atoms with Crippen molar-refractivity contribution in [3.8, 4) is 0 Å². The van der Waals surface area contributed by atoms with E-state index in [0.29, 0.717) is 0 Å². The van der Waals surface area contributed by atoms with Crippen LogP contribution in [0.4, 0.5) is 0 Å². The molecule has 0 heterocycles. The van der Waals surface area contributed by atoms with Crippen LogP contribution in [0.3, 0.4) is 0 Å². The van der Waals surface area contributed by atoms with Crippen molar-refractivity contribution in [2.75, 3.05) is 0 Å². The maximum Gasteiger partial charge on any atom is -0.0257 e. The minimum absolute atomic E-state index is 1.22. The van der Waals surface area contributed by atoms with Crippen molar-refractivity contribution in [2.24, 2.45) is 0 Å². The molecule has 0 amide bonds. The highest BCUT2D eigenvalue weighted by atomic mass is 13.9. The van der Waals surface area contributed by atoms with Crippen LogP contribution in [-0.2, 0) is 0 Å². The van der Waals surface area contributed by atoms with Gasteiger partial charge in [0.2, 0.25) is 0 Å². The normalized spacial score (nSPS) is 10.7. The van der Waals surface area contributed by atoms with Crippen LogP contribution in [0.5, 0.6) is 0 Å². The first-order valence-corrected chi connectivity index (χ1v) is 7.05. The molecular weight excluding hydrogens is 252 g/mol. The van der Waals surface area contributed by atoms with Gasteiger partial charge in [0.25, 0.3) is 0 Å². The summed E-state index contributed by atoms with van der Waals surface area (Å²) < 4.78 is 0. The Morgan fingerprint density at radius 3 is 1.38 bits per heavy atom. The summed E-state index contributed by atoms with van der Waals surface area (Å²) in [5, 5.41) is 0. The molecule has 0 saturated heterocycles. The summed E-state index contributed by atoms with van der Waals surface area (Å²) in [7, 11) is 0. The molecule has 0 aliphatic rings. The van der Waals surface area contributed by atoms with Gasteiger partial charge in [0, 0.05) is 0 Å². The van der Waals surface area contributed by atoms with Crippen molar-refractivity contribution >= 4 is 12.2 Å². The van der Waals surface area contributed by atoms with Crippen molar-refractivity contribution in [3.05, 3.63) is 109 Å². The number of allylic oxidation sites excluding steroid dienone is 5. The van der Waals surface area contributed by atoms with Crippen LogP contribution in [0.2, 0.25) is 0 Å². The molecule has 2 aromatic rings. The predicted octanol–water partition coefficient (Wildman–Crippen LogP) is 6.16. The fourth-order valence-corrected chi connectivity index (χ4v) is 1.60. The van der Waals surface area contributed by atoms with Gasteiger partial charge in [-0.3, -0.25) is 0 Å². The van der Waals surface area contributed by atoms with Gasteiger partial charge in [0.1, 0.15) is 0 Å². The summed E-state index contributed by atoms with van der Waals surface area (Å²) in [4.78, 5) is 0. The van der Waals surface area contributed by atoms with Crippen molar-refractivity contribution in [2.45, 2.75) is 6.92 Å². The Balaban J connectivity index is 0.000000383. The molecule has 0 saturated carbocycles. The van der Waals surface area contributed by atoms with Crippen LogP contribution in [0.15, 0.2) is 97.6 Å². The molecule has 0 unspecified atom stereocenters. The molecule has 2 aromatic carbocycles. The zero-order valence-corrected chi connectivity index (χ0v) is 12.5. The van der Waals surface area contributed by atoms with Crippen LogP contribution in [-0.4, -0.2) is 0 Å². The van der Waals surface area contributed by atoms with E-state index >= 15 is 0 Å². The molecular formula is C21H22. The minimum atomic E-state index is 1.22. The van der Waals surface area contributed by atoms with E-state index in [9.17, 15) is 0 Å². The van der Waals surface area contributed by atoms with E-state index in [2.05, 4.69) is 55.1 Å². The summed E-state index contributed by atoms with van der Waals surface area (Å²) in [5.74, 6) is 0. The molecule has 0 N–H and O–H groups in total. The van der Waals surface area contributed by atoms with Crippen LogP contribution < -0.4 is 0 Å². The Bertz CT molecular complexity index is 524. The Kier molecular flexibility index (Phi) is 8.81.